The number of hydrogen-bond acceptors (Lipinski definition) is 5. The summed E-state index contributed by atoms with van der Waals surface area (Å²) in [6.07, 6.45) is 4.05. The van der Waals surface area contributed by atoms with Gasteiger partial charge in [-0.05, 0) is 19.9 Å². The fourth-order valence-electron chi connectivity index (χ4n) is 2.61. The molecule has 2 rings (SSSR count). The molecule has 108 valence electrons. The van der Waals surface area contributed by atoms with Gasteiger partial charge in [0.2, 0.25) is 5.89 Å². The van der Waals surface area contributed by atoms with E-state index in [2.05, 4.69) is 35.8 Å². The smallest absolute Gasteiger partial charge is 0.232 e. The lowest BCUT2D eigenvalue weighted by Gasteiger charge is -2.27. The molecule has 1 aliphatic carbocycles. The molecule has 1 N–H and O–H groups in total. The zero-order valence-electron chi connectivity index (χ0n) is 12.4. The van der Waals surface area contributed by atoms with Gasteiger partial charge < -0.3 is 9.63 Å². The van der Waals surface area contributed by atoms with Crippen molar-refractivity contribution < 1.29 is 9.63 Å². The standard InChI is InChI=1S/C14H25N3O2/c1-13(2,3)12-15-11(16-19-12)9-17(4)10-14(18)7-5-6-8-14/h18H,5-10H2,1-4H3. The lowest BCUT2D eigenvalue weighted by Crippen LogP contribution is -2.39. The third kappa shape index (κ3) is 3.76. The van der Waals surface area contributed by atoms with Gasteiger partial charge in [0.25, 0.3) is 0 Å². The lowest BCUT2D eigenvalue weighted by molar-refractivity contribution is 0.0138. The molecule has 1 aromatic rings. The molecule has 1 heterocycles. The fourth-order valence-corrected chi connectivity index (χ4v) is 2.61. The third-order valence-corrected chi connectivity index (χ3v) is 3.62. The first-order chi connectivity index (χ1) is 8.78. The van der Waals surface area contributed by atoms with Crippen molar-refractivity contribution in [1.29, 1.82) is 0 Å². The summed E-state index contributed by atoms with van der Waals surface area (Å²) in [5, 5.41) is 14.4. The summed E-state index contributed by atoms with van der Waals surface area (Å²) in [6.45, 7) is 7.44. The molecule has 1 fully saturated rings. The van der Waals surface area contributed by atoms with E-state index in [0.717, 1.165) is 25.7 Å². The zero-order valence-corrected chi connectivity index (χ0v) is 12.4. The number of likely N-dealkylation sites (N-methyl/N-ethyl adjacent to an activating group) is 1. The van der Waals surface area contributed by atoms with Crippen LogP contribution in [0.4, 0.5) is 0 Å². The molecule has 0 saturated heterocycles. The van der Waals surface area contributed by atoms with E-state index in [4.69, 9.17) is 4.52 Å². The maximum atomic E-state index is 10.4. The first-order valence-corrected chi connectivity index (χ1v) is 7.03. The zero-order chi connectivity index (χ0) is 14.1. The third-order valence-electron chi connectivity index (χ3n) is 3.62. The Labute approximate surface area is 115 Å². The van der Waals surface area contributed by atoms with Crippen molar-refractivity contribution in [3.63, 3.8) is 0 Å². The molecule has 0 amide bonds. The monoisotopic (exact) mass is 267 g/mol. The maximum Gasteiger partial charge on any atom is 0.232 e. The Balaban J connectivity index is 1.92. The summed E-state index contributed by atoms with van der Waals surface area (Å²) in [4.78, 5) is 6.49. The normalized spacial score (nSPS) is 19.3. The maximum absolute atomic E-state index is 10.4. The molecule has 0 unspecified atom stereocenters. The van der Waals surface area contributed by atoms with E-state index < -0.39 is 5.60 Å². The van der Waals surface area contributed by atoms with Gasteiger partial charge >= 0.3 is 0 Å². The van der Waals surface area contributed by atoms with Crippen LogP contribution in [0, 0.1) is 0 Å². The van der Waals surface area contributed by atoms with Crippen molar-refractivity contribution in [2.24, 2.45) is 0 Å². The summed E-state index contributed by atoms with van der Waals surface area (Å²) < 4.78 is 5.27. The molecule has 0 spiro atoms. The number of aliphatic hydroxyl groups is 1. The van der Waals surface area contributed by atoms with Gasteiger partial charge in [0.1, 0.15) is 0 Å². The van der Waals surface area contributed by atoms with Crippen molar-refractivity contribution in [1.82, 2.24) is 15.0 Å². The van der Waals surface area contributed by atoms with Crippen molar-refractivity contribution in [2.45, 2.75) is 64.0 Å². The first-order valence-electron chi connectivity index (χ1n) is 7.03. The Kier molecular flexibility index (Phi) is 3.97. The predicted octanol–water partition coefficient (Wildman–Crippen LogP) is 2.10. The Bertz CT molecular complexity index is 417. The number of hydrogen-bond donors (Lipinski definition) is 1. The summed E-state index contributed by atoms with van der Waals surface area (Å²) in [6, 6.07) is 0. The van der Waals surface area contributed by atoms with Gasteiger partial charge in [-0.1, -0.05) is 38.8 Å². The van der Waals surface area contributed by atoms with Gasteiger partial charge in [0.15, 0.2) is 5.82 Å². The molecule has 19 heavy (non-hydrogen) atoms. The van der Waals surface area contributed by atoms with Crippen LogP contribution in [0.15, 0.2) is 4.52 Å². The molecular formula is C14H25N3O2. The van der Waals surface area contributed by atoms with E-state index in [-0.39, 0.29) is 5.41 Å². The van der Waals surface area contributed by atoms with Crippen LogP contribution < -0.4 is 0 Å². The van der Waals surface area contributed by atoms with Crippen LogP contribution in [0.5, 0.6) is 0 Å². The largest absolute Gasteiger partial charge is 0.389 e. The van der Waals surface area contributed by atoms with Crippen LogP contribution in [0.2, 0.25) is 0 Å². The van der Waals surface area contributed by atoms with Crippen molar-refractivity contribution >= 4 is 0 Å². The molecule has 0 radical (unpaired) electrons. The summed E-state index contributed by atoms with van der Waals surface area (Å²) >= 11 is 0. The molecular weight excluding hydrogens is 242 g/mol. The Hall–Kier alpha value is -0.940. The number of rotatable bonds is 4. The highest BCUT2D eigenvalue weighted by Gasteiger charge is 2.32. The van der Waals surface area contributed by atoms with Crippen molar-refractivity contribution in [3.05, 3.63) is 11.7 Å². The summed E-state index contributed by atoms with van der Waals surface area (Å²) in [7, 11) is 1.99. The highest BCUT2D eigenvalue weighted by atomic mass is 16.5. The van der Waals surface area contributed by atoms with Gasteiger partial charge in [-0.15, -0.1) is 0 Å². The SMILES string of the molecule is CN(Cc1noc(C(C)(C)C)n1)CC1(O)CCCC1. The average Bonchev–Trinajstić information content (AvgIpc) is 2.86. The van der Waals surface area contributed by atoms with Gasteiger partial charge in [0, 0.05) is 12.0 Å². The van der Waals surface area contributed by atoms with E-state index in [1.807, 2.05) is 7.05 Å². The molecule has 1 saturated carbocycles. The Morgan fingerprint density at radius 1 is 1.32 bits per heavy atom. The summed E-state index contributed by atoms with van der Waals surface area (Å²) in [5.41, 5.74) is -0.640. The van der Waals surface area contributed by atoms with Crippen LogP contribution in [-0.4, -0.2) is 39.3 Å². The Morgan fingerprint density at radius 2 is 1.95 bits per heavy atom. The van der Waals surface area contributed by atoms with Crippen LogP contribution in [-0.2, 0) is 12.0 Å². The van der Waals surface area contributed by atoms with Crippen molar-refractivity contribution in [2.75, 3.05) is 13.6 Å². The Morgan fingerprint density at radius 3 is 2.47 bits per heavy atom. The number of nitrogens with zero attached hydrogens (tertiary/aromatic N) is 3. The highest BCUT2D eigenvalue weighted by Crippen LogP contribution is 2.30. The quantitative estimate of drug-likeness (QED) is 0.905. The first kappa shape index (κ1) is 14.5. The van der Waals surface area contributed by atoms with E-state index in [0.29, 0.717) is 24.8 Å². The van der Waals surface area contributed by atoms with Crippen LogP contribution in [0.25, 0.3) is 0 Å². The molecule has 5 heteroatoms. The highest BCUT2D eigenvalue weighted by molar-refractivity contribution is 4.98. The summed E-state index contributed by atoms with van der Waals surface area (Å²) in [5.74, 6) is 1.35. The average molecular weight is 267 g/mol. The second-order valence-electron chi connectivity index (χ2n) is 6.87. The molecule has 5 nitrogen and oxygen atoms in total. The molecule has 0 aliphatic heterocycles. The predicted molar refractivity (Wildman–Crippen MR) is 72.7 cm³/mol. The molecule has 1 aromatic heterocycles. The topological polar surface area (TPSA) is 62.4 Å². The fraction of sp³-hybridized carbons (Fsp3) is 0.857. The minimum Gasteiger partial charge on any atom is -0.389 e. The van der Waals surface area contributed by atoms with E-state index >= 15 is 0 Å². The van der Waals surface area contributed by atoms with Gasteiger partial charge in [-0.25, -0.2) is 0 Å². The molecule has 0 aromatic carbocycles. The second-order valence-corrected chi connectivity index (χ2v) is 6.87. The van der Waals surface area contributed by atoms with E-state index in [1.54, 1.807) is 0 Å². The number of aromatic nitrogens is 2. The van der Waals surface area contributed by atoms with Gasteiger partial charge in [0.05, 0.1) is 12.1 Å². The van der Waals surface area contributed by atoms with Crippen LogP contribution in [0.1, 0.15) is 58.2 Å². The second kappa shape index (κ2) is 5.21. The lowest BCUT2D eigenvalue weighted by atomic mass is 9.97. The van der Waals surface area contributed by atoms with Crippen molar-refractivity contribution in [3.8, 4) is 0 Å². The van der Waals surface area contributed by atoms with Gasteiger partial charge in [-0.3, -0.25) is 4.90 Å². The van der Waals surface area contributed by atoms with Gasteiger partial charge in [-0.2, -0.15) is 4.98 Å². The van der Waals surface area contributed by atoms with E-state index in [9.17, 15) is 5.11 Å². The van der Waals surface area contributed by atoms with E-state index in [1.165, 1.54) is 0 Å². The molecule has 1 aliphatic rings. The van der Waals surface area contributed by atoms with Crippen LogP contribution >= 0.6 is 0 Å². The molecule has 0 bridgehead atoms. The molecule has 0 atom stereocenters. The minimum atomic E-state index is -0.522. The van der Waals surface area contributed by atoms with Crippen LogP contribution in [0.3, 0.4) is 0 Å². The minimum absolute atomic E-state index is 0.118.